The molecule has 0 aliphatic heterocycles. The number of amides is 2. The topological polar surface area (TPSA) is 89.2 Å². The van der Waals surface area contributed by atoms with Crippen LogP contribution in [0.5, 0.6) is 0 Å². The van der Waals surface area contributed by atoms with Gasteiger partial charge in [-0.2, -0.15) is 0 Å². The summed E-state index contributed by atoms with van der Waals surface area (Å²) in [5.41, 5.74) is 3.34. The Labute approximate surface area is 167 Å². The molecule has 28 heavy (non-hydrogen) atoms. The number of carbonyl (C=O) groups excluding carboxylic acids is 2. The van der Waals surface area contributed by atoms with Crippen LogP contribution in [0.2, 0.25) is 0 Å². The van der Waals surface area contributed by atoms with Gasteiger partial charge in [-0.1, -0.05) is 17.8 Å². The zero-order chi connectivity index (χ0) is 19.9. The van der Waals surface area contributed by atoms with Crippen LogP contribution in [0.4, 0.5) is 0 Å². The SMILES string of the molecule is Cc1cc(C)cc(-n2ccnc2SCC(=O)NCC(=O)NCc2ccco2)c1. The second-order valence-corrected chi connectivity index (χ2v) is 7.29. The summed E-state index contributed by atoms with van der Waals surface area (Å²) in [6.07, 6.45) is 5.12. The molecule has 0 saturated heterocycles. The van der Waals surface area contributed by atoms with Gasteiger partial charge in [-0.25, -0.2) is 4.98 Å². The quantitative estimate of drug-likeness (QED) is 0.570. The van der Waals surface area contributed by atoms with Crippen LogP contribution in [0.1, 0.15) is 16.9 Å². The number of carbonyl (C=O) groups is 2. The number of nitrogens with zero attached hydrogens (tertiary/aromatic N) is 2. The van der Waals surface area contributed by atoms with Crippen molar-refractivity contribution in [3.63, 3.8) is 0 Å². The number of benzene rings is 1. The van der Waals surface area contributed by atoms with Gasteiger partial charge in [0.25, 0.3) is 0 Å². The van der Waals surface area contributed by atoms with Crippen LogP contribution >= 0.6 is 11.8 Å². The molecule has 0 fully saturated rings. The van der Waals surface area contributed by atoms with E-state index in [4.69, 9.17) is 4.42 Å². The lowest BCUT2D eigenvalue weighted by Crippen LogP contribution is -2.37. The van der Waals surface area contributed by atoms with Crippen LogP contribution in [-0.2, 0) is 16.1 Å². The van der Waals surface area contributed by atoms with E-state index in [1.54, 1.807) is 24.6 Å². The largest absolute Gasteiger partial charge is 0.467 e. The Morgan fingerprint density at radius 2 is 1.93 bits per heavy atom. The molecule has 2 aromatic heterocycles. The van der Waals surface area contributed by atoms with Crippen molar-refractivity contribution in [1.29, 1.82) is 0 Å². The van der Waals surface area contributed by atoms with Gasteiger partial charge in [0.15, 0.2) is 5.16 Å². The van der Waals surface area contributed by atoms with Crippen LogP contribution in [0.25, 0.3) is 5.69 Å². The number of aryl methyl sites for hydroxylation is 2. The fourth-order valence-electron chi connectivity index (χ4n) is 2.70. The average Bonchev–Trinajstić information content (AvgIpc) is 3.33. The lowest BCUT2D eigenvalue weighted by atomic mass is 10.1. The molecule has 0 aliphatic carbocycles. The second kappa shape index (κ2) is 9.27. The molecule has 2 N–H and O–H groups in total. The van der Waals surface area contributed by atoms with Crippen molar-refractivity contribution >= 4 is 23.6 Å². The molecular formula is C20H22N4O3S. The Hall–Kier alpha value is -3.00. The Morgan fingerprint density at radius 3 is 2.64 bits per heavy atom. The van der Waals surface area contributed by atoms with Crippen molar-refractivity contribution in [2.45, 2.75) is 25.5 Å². The first-order valence-corrected chi connectivity index (χ1v) is 9.80. The summed E-state index contributed by atoms with van der Waals surface area (Å²) >= 11 is 1.32. The van der Waals surface area contributed by atoms with E-state index in [2.05, 4.69) is 33.8 Å². The Bertz CT molecular complexity index is 930. The van der Waals surface area contributed by atoms with Crippen molar-refractivity contribution in [2.24, 2.45) is 0 Å². The van der Waals surface area contributed by atoms with Crippen LogP contribution < -0.4 is 10.6 Å². The number of hydrogen-bond donors (Lipinski definition) is 2. The van der Waals surface area contributed by atoms with E-state index in [0.717, 1.165) is 22.0 Å². The minimum absolute atomic E-state index is 0.0778. The number of imidazole rings is 1. The maximum absolute atomic E-state index is 12.1. The fraction of sp³-hybridized carbons (Fsp3) is 0.250. The average molecular weight is 398 g/mol. The highest BCUT2D eigenvalue weighted by Gasteiger charge is 2.11. The second-order valence-electron chi connectivity index (χ2n) is 6.35. The monoisotopic (exact) mass is 398 g/mol. The lowest BCUT2D eigenvalue weighted by molar-refractivity contribution is -0.124. The van der Waals surface area contributed by atoms with E-state index in [-0.39, 0.29) is 24.1 Å². The molecule has 7 nitrogen and oxygen atoms in total. The van der Waals surface area contributed by atoms with Crippen LogP contribution in [-0.4, -0.2) is 33.7 Å². The number of nitrogens with one attached hydrogen (secondary N) is 2. The van der Waals surface area contributed by atoms with E-state index in [0.29, 0.717) is 12.3 Å². The van der Waals surface area contributed by atoms with E-state index in [1.165, 1.54) is 11.8 Å². The van der Waals surface area contributed by atoms with Crippen LogP contribution in [0, 0.1) is 13.8 Å². The zero-order valence-electron chi connectivity index (χ0n) is 15.8. The summed E-state index contributed by atoms with van der Waals surface area (Å²) in [5, 5.41) is 6.02. The molecule has 0 aliphatic rings. The molecule has 1 aromatic carbocycles. The molecule has 3 rings (SSSR count). The molecule has 0 saturated carbocycles. The molecule has 8 heteroatoms. The van der Waals surface area contributed by atoms with Crippen LogP contribution in [0.3, 0.4) is 0 Å². The van der Waals surface area contributed by atoms with Gasteiger partial charge in [-0.3, -0.25) is 14.2 Å². The molecule has 0 bridgehead atoms. The molecule has 0 radical (unpaired) electrons. The predicted octanol–water partition coefficient (Wildman–Crippen LogP) is 2.61. The number of rotatable bonds is 8. The van der Waals surface area contributed by atoms with Gasteiger partial charge in [-0.05, 0) is 49.2 Å². The summed E-state index contributed by atoms with van der Waals surface area (Å²) in [6, 6.07) is 9.78. The molecule has 2 heterocycles. The van der Waals surface area contributed by atoms with E-state index >= 15 is 0 Å². The molecule has 0 spiro atoms. The Morgan fingerprint density at radius 1 is 1.14 bits per heavy atom. The maximum atomic E-state index is 12.1. The molecule has 0 unspecified atom stereocenters. The molecular weight excluding hydrogens is 376 g/mol. The number of hydrogen-bond acceptors (Lipinski definition) is 5. The van der Waals surface area contributed by atoms with Gasteiger partial charge >= 0.3 is 0 Å². The zero-order valence-corrected chi connectivity index (χ0v) is 16.6. The summed E-state index contributed by atoms with van der Waals surface area (Å²) in [4.78, 5) is 28.2. The smallest absolute Gasteiger partial charge is 0.239 e. The summed E-state index contributed by atoms with van der Waals surface area (Å²) < 4.78 is 7.09. The van der Waals surface area contributed by atoms with E-state index < -0.39 is 0 Å². The predicted molar refractivity (Wildman–Crippen MR) is 107 cm³/mol. The third-order valence-electron chi connectivity index (χ3n) is 3.91. The first-order chi connectivity index (χ1) is 13.5. The Kier molecular flexibility index (Phi) is 6.54. The van der Waals surface area contributed by atoms with Crippen molar-refractivity contribution in [1.82, 2.24) is 20.2 Å². The van der Waals surface area contributed by atoms with Gasteiger partial charge < -0.3 is 15.1 Å². The lowest BCUT2D eigenvalue weighted by Gasteiger charge is -2.10. The third-order valence-corrected chi connectivity index (χ3v) is 4.88. The summed E-state index contributed by atoms with van der Waals surface area (Å²) in [6.45, 7) is 4.31. The molecule has 0 atom stereocenters. The van der Waals surface area contributed by atoms with E-state index in [9.17, 15) is 9.59 Å². The minimum Gasteiger partial charge on any atom is -0.467 e. The number of aromatic nitrogens is 2. The third kappa shape index (κ3) is 5.50. The van der Waals surface area contributed by atoms with Crippen molar-refractivity contribution in [2.75, 3.05) is 12.3 Å². The first-order valence-electron chi connectivity index (χ1n) is 8.82. The van der Waals surface area contributed by atoms with Crippen molar-refractivity contribution in [3.05, 3.63) is 65.9 Å². The van der Waals surface area contributed by atoms with Gasteiger partial charge in [0, 0.05) is 18.1 Å². The van der Waals surface area contributed by atoms with Crippen molar-refractivity contribution in [3.8, 4) is 5.69 Å². The molecule has 2 amide bonds. The number of furan rings is 1. The van der Waals surface area contributed by atoms with Crippen molar-refractivity contribution < 1.29 is 14.0 Å². The van der Waals surface area contributed by atoms with Gasteiger partial charge in [0.05, 0.1) is 25.1 Å². The van der Waals surface area contributed by atoms with Crippen LogP contribution in [0.15, 0.2) is 58.6 Å². The minimum atomic E-state index is -0.272. The number of thioether (sulfide) groups is 1. The first kappa shape index (κ1) is 19.8. The van der Waals surface area contributed by atoms with Gasteiger partial charge in [-0.15, -0.1) is 0 Å². The normalized spacial score (nSPS) is 10.6. The highest BCUT2D eigenvalue weighted by Crippen LogP contribution is 2.22. The van der Waals surface area contributed by atoms with Gasteiger partial charge in [0.2, 0.25) is 11.8 Å². The standard InChI is InChI=1S/C20H22N4O3S/c1-14-8-15(2)10-16(9-14)24-6-5-21-20(24)28-13-19(26)23-12-18(25)22-11-17-4-3-7-27-17/h3-10H,11-13H2,1-2H3,(H,22,25)(H,23,26). The highest BCUT2D eigenvalue weighted by atomic mass is 32.2. The maximum Gasteiger partial charge on any atom is 0.239 e. The van der Waals surface area contributed by atoms with E-state index in [1.807, 2.05) is 24.6 Å². The fourth-order valence-corrected chi connectivity index (χ4v) is 3.51. The Balaban J connectivity index is 1.47. The highest BCUT2D eigenvalue weighted by molar-refractivity contribution is 7.99. The van der Waals surface area contributed by atoms with Gasteiger partial charge in [0.1, 0.15) is 5.76 Å². The molecule has 3 aromatic rings. The molecule has 146 valence electrons. The summed E-state index contributed by atoms with van der Waals surface area (Å²) in [7, 11) is 0. The summed E-state index contributed by atoms with van der Waals surface area (Å²) in [5.74, 6) is 0.334.